The minimum atomic E-state index is -0.237. The summed E-state index contributed by atoms with van der Waals surface area (Å²) in [5.74, 6) is -0.237. The molecule has 1 amide bonds. The van der Waals surface area contributed by atoms with Crippen molar-refractivity contribution in [2.24, 2.45) is 11.5 Å². The van der Waals surface area contributed by atoms with Crippen LogP contribution in [-0.2, 0) is 11.3 Å². The van der Waals surface area contributed by atoms with Gasteiger partial charge in [-0.3, -0.25) is 4.79 Å². The van der Waals surface area contributed by atoms with E-state index >= 15 is 0 Å². The summed E-state index contributed by atoms with van der Waals surface area (Å²) in [4.78, 5) is 13.7. The van der Waals surface area contributed by atoms with Gasteiger partial charge in [0.15, 0.2) is 0 Å². The molecule has 1 aliphatic heterocycles. The molecule has 1 unspecified atom stereocenters. The molecule has 0 radical (unpaired) electrons. The molecule has 1 fully saturated rings. The predicted octanol–water partition coefficient (Wildman–Crippen LogP) is 1.30. The summed E-state index contributed by atoms with van der Waals surface area (Å²) in [7, 11) is 0. The Labute approximate surface area is 108 Å². The van der Waals surface area contributed by atoms with Crippen molar-refractivity contribution in [1.29, 1.82) is 0 Å². The Morgan fingerprint density at radius 2 is 2.22 bits per heavy atom. The average molecular weight is 247 g/mol. The van der Waals surface area contributed by atoms with Gasteiger partial charge in [-0.25, -0.2) is 0 Å². The van der Waals surface area contributed by atoms with Crippen molar-refractivity contribution in [3.8, 4) is 0 Å². The van der Waals surface area contributed by atoms with E-state index in [9.17, 15) is 4.79 Å². The van der Waals surface area contributed by atoms with E-state index in [0.717, 1.165) is 37.1 Å². The van der Waals surface area contributed by atoms with Crippen molar-refractivity contribution in [2.75, 3.05) is 11.4 Å². The van der Waals surface area contributed by atoms with Crippen LogP contribution in [0.5, 0.6) is 0 Å². The fourth-order valence-electron chi connectivity index (χ4n) is 2.63. The van der Waals surface area contributed by atoms with Crippen LogP contribution in [0.2, 0.25) is 0 Å². The molecular weight excluding hydrogens is 226 g/mol. The zero-order chi connectivity index (χ0) is 13.1. The highest BCUT2D eigenvalue weighted by molar-refractivity contribution is 5.84. The zero-order valence-electron chi connectivity index (χ0n) is 10.9. The number of nitrogens with two attached hydrogens (primary N) is 2. The first-order chi connectivity index (χ1) is 8.63. The van der Waals surface area contributed by atoms with Crippen LogP contribution in [0.25, 0.3) is 0 Å². The van der Waals surface area contributed by atoms with Gasteiger partial charge in [0.1, 0.15) is 6.04 Å². The molecule has 1 aliphatic rings. The predicted molar refractivity (Wildman–Crippen MR) is 73.2 cm³/mol. The highest BCUT2D eigenvalue weighted by Gasteiger charge is 2.28. The van der Waals surface area contributed by atoms with E-state index in [0.29, 0.717) is 6.54 Å². The van der Waals surface area contributed by atoms with Crippen molar-refractivity contribution in [3.63, 3.8) is 0 Å². The van der Waals surface area contributed by atoms with Gasteiger partial charge in [0.05, 0.1) is 0 Å². The second kappa shape index (κ2) is 5.40. The molecule has 4 heteroatoms. The van der Waals surface area contributed by atoms with E-state index in [1.807, 2.05) is 13.0 Å². The molecule has 0 spiro atoms. The summed E-state index contributed by atoms with van der Waals surface area (Å²) in [6.45, 7) is 3.41. The van der Waals surface area contributed by atoms with Crippen LogP contribution in [0.15, 0.2) is 18.2 Å². The van der Waals surface area contributed by atoms with E-state index in [4.69, 9.17) is 11.5 Å². The van der Waals surface area contributed by atoms with Gasteiger partial charge in [0.25, 0.3) is 0 Å². The summed E-state index contributed by atoms with van der Waals surface area (Å²) in [5, 5.41) is 0. The zero-order valence-corrected chi connectivity index (χ0v) is 10.9. The largest absolute Gasteiger partial charge is 0.368 e. The lowest BCUT2D eigenvalue weighted by Crippen LogP contribution is -2.48. The molecule has 0 bridgehead atoms. The lowest BCUT2D eigenvalue weighted by Gasteiger charge is -2.37. The van der Waals surface area contributed by atoms with Crippen LogP contribution in [0.1, 0.15) is 30.4 Å². The minimum absolute atomic E-state index is 0.189. The van der Waals surface area contributed by atoms with Gasteiger partial charge >= 0.3 is 0 Å². The molecule has 4 nitrogen and oxygen atoms in total. The van der Waals surface area contributed by atoms with Crippen molar-refractivity contribution >= 4 is 11.6 Å². The minimum Gasteiger partial charge on any atom is -0.368 e. The second-order valence-corrected chi connectivity index (χ2v) is 4.94. The van der Waals surface area contributed by atoms with Gasteiger partial charge in [0.2, 0.25) is 5.91 Å². The number of piperidine rings is 1. The van der Waals surface area contributed by atoms with Crippen LogP contribution in [-0.4, -0.2) is 18.5 Å². The van der Waals surface area contributed by atoms with E-state index in [1.54, 1.807) is 0 Å². The number of anilines is 1. The highest BCUT2D eigenvalue weighted by atomic mass is 16.1. The molecule has 18 heavy (non-hydrogen) atoms. The summed E-state index contributed by atoms with van der Waals surface area (Å²) < 4.78 is 0. The number of carbonyl (C=O) groups is 1. The first-order valence-corrected chi connectivity index (χ1v) is 6.49. The third-order valence-corrected chi connectivity index (χ3v) is 3.60. The number of primary amides is 1. The monoisotopic (exact) mass is 247 g/mol. The van der Waals surface area contributed by atoms with Crippen molar-refractivity contribution in [3.05, 3.63) is 29.3 Å². The fourth-order valence-corrected chi connectivity index (χ4v) is 2.63. The Bertz CT molecular complexity index is 445. The van der Waals surface area contributed by atoms with E-state index in [1.165, 1.54) is 5.56 Å². The molecule has 4 N–H and O–H groups in total. The summed E-state index contributed by atoms with van der Waals surface area (Å²) in [6, 6.07) is 6.00. The number of hydrogen-bond acceptors (Lipinski definition) is 3. The number of amides is 1. The molecular formula is C14H21N3O. The molecule has 1 saturated heterocycles. The standard InChI is InChI=1S/C14H21N3O/c1-10-5-6-11(9-15)13(8-10)17-7-3-2-4-12(17)14(16)18/h5-6,8,12H,2-4,7,9,15H2,1H3,(H2,16,18). The van der Waals surface area contributed by atoms with Crippen molar-refractivity contribution in [1.82, 2.24) is 0 Å². The van der Waals surface area contributed by atoms with Gasteiger partial charge in [-0.05, 0) is 43.4 Å². The topological polar surface area (TPSA) is 72.3 Å². The van der Waals surface area contributed by atoms with E-state index in [2.05, 4.69) is 17.0 Å². The van der Waals surface area contributed by atoms with Crippen molar-refractivity contribution in [2.45, 2.75) is 38.8 Å². The Balaban J connectivity index is 2.38. The number of nitrogens with zero attached hydrogens (tertiary/aromatic N) is 1. The van der Waals surface area contributed by atoms with E-state index < -0.39 is 0 Å². The smallest absolute Gasteiger partial charge is 0.240 e. The fraction of sp³-hybridized carbons (Fsp3) is 0.500. The summed E-state index contributed by atoms with van der Waals surface area (Å²) >= 11 is 0. The quantitative estimate of drug-likeness (QED) is 0.845. The Hall–Kier alpha value is -1.55. The second-order valence-electron chi connectivity index (χ2n) is 4.94. The molecule has 2 rings (SSSR count). The van der Waals surface area contributed by atoms with Gasteiger partial charge in [-0.1, -0.05) is 12.1 Å². The summed E-state index contributed by atoms with van der Waals surface area (Å²) in [6.07, 6.45) is 3.00. The van der Waals surface area contributed by atoms with Crippen LogP contribution in [0, 0.1) is 6.92 Å². The number of benzene rings is 1. The van der Waals surface area contributed by atoms with Gasteiger partial charge in [-0.15, -0.1) is 0 Å². The van der Waals surface area contributed by atoms with Gasteiger partial charge in [-0.2, -0.15) is 0 Å². The van der Waals surface area contributed by atoms with E-state index in [-0.39, 0.29) is 11.9 Å². The molecule has 0 aromatic heterocycles. The van der Waals surface area contributed by atoms with Gasteiger partial charge < -0.3 is 16.4 Å². The number of hydrogen-bond donors (Lipinski definition) is 2. The third kappa shape index (κ3) is 2.48. The Morgan fingerprint density at radius 3 is 2.89 bits per heavy atom. The SMILES string of the molecule is Cc1ccc(CN)c(N2CCCCC2C(N)=O)c1. The van der Waals surface area contributed by atoms with Crippen molar-refractivity contribution < 1.29 is 4.79 Å². The van der Waals surface area contributed by atoms with Gasteiger partial charge in [0, 0.05) is 18.8 Å². The molecule has 1 atom stereocenters. The highest BCUT2D eigenvalue weighted by Crippen LogP contribution is 2.28. The Kier molecular flexibility index (Phi) is 3.87. The average Bonchev–Trinajstić information content (AvgIpc) is 2.38. The normalized spacial score (nSPS) is 19.9. The summed E-state index contributed by atoms with van der Waals surface area (Å²) in [5.41, 5.74) is 14.6. The number of aryl methyl sites for hydroxylation is 1. The molecule has 1 heterocycles. The number of carbonyl (C=O) groups excluding carboxylic acids is 1. The maximum absolute atomic E-state index is 11.6. The Morgan fingerprint density at radius 1 is 1.44 bits per heavy atom. The van der Waals surface area contributed by atoms with Crippen LogP contribution in [0.4, 0.5) is 5.69 Å². The van der Waals surface area contributed by atoms with Crippen LogP contribution >= 0.6 is 0 Å². The molecule has 98 valence electrons. The maximum Gasteiger partial charge on any atom is 0.240 e. The number of rotatable bonds is 3. The molecule has 0 saturated carbocycles. The lowest BCUT2D eigenvalue weighted by atomic mass is 9.98. The van der Waals surface area contributed by atoms with Crippen LogP contribution < -0.4 is 16.4 Å². The molecule has 1 aromatic rings. The first-order valence-electron chi connectivity index (χ1n) is 6.49. The maximum atomic E-state index is 11.6. The molecule has 1 aromatic carbocycles. The first kappa shape index (κ1) is 12.9. The van der Waals surface area contributed by atoms with Crippen LogP contribution in [0.3, 0.4) is 0 Å². The molecule has 0 aliphatic carbocycles. The third-order valence-electron chi connectivity index (χ3n) is 3.60. The lowest BCUT2D eigenvalue weighted by molar-refractivity contribution is -0.119.